The number of aromatic amines is 1. The van der Waals surface area contributed by atoms with Gasteiger partial charge in [0.05, 0.1) is 22.6 Å². The van der Waals surface area contributed by atoms with Crippen molar-refractivity contribution in [1.82, 2.24) is 9.55 Å². The van der Waals surface area contributed by atoms with Crippen LogP contribution < -0.4 is 0 Å². The lowest BCUT2D eigenvalue weighted by atomic mass is 10.2. The molecule has 0 unspecified atom stereocenters. The zero-order valence-corrected chi connectivity index (χ0v) is 13.3. The number of nitrogens with one attached hydrogen (secondary N) is 1. The molecule has 0 aliphatic heterocycles. The van der Waals surface area contributed by atoms with E-state index in [1.54, 1.807) is 17.4 Å². The molecule has 0 saturated heterocycles. The summed E-state index contributed by atoms with van der Waals surface area (Å²) in [4.78, 5) is 5.54. The first-order valence-electron chi connectivity index (χ1n) is 6.09. The monoisotopic (exact) mass is 326 g/mol. The van der Waals surface area contributed by atoms with Crippen LogP contribution in [0.1, 0.15) is 15.3 Å². The predicted octanol–water partition coefficient (Wildman–Crippen LogP) is 5.22. The van der Waals surface area contributed by atoms with Crippen LogP contribution in [0.2, 0.25) is 5.02 Å². The van der Waals surface area contributed by atoms with E-state index < -0.39 is 5.82 Å². The van der Waals surface area contributed by atoms with Crippen molar-refractivity contribution in [3.05, 3.63) is 49.1 Å². The number of thiophene rings is 1. The van der Waals surface area contributed by atoms with Gasteiger partial charge in [-0.25, -0.2) is 4.39 Å². The van der Waals surface area contributed by atoms with Gasteiger partial charge in [-0.05, 0) is 43.8 Å². The SMILES string of the molecule is Cc1cc(Cn2c(=S)[nH]c3cc(F)c(Cl)cc32)sc1C. The summed E-state index contributed by atoms with van der Waals surface area (Å²) in [7, 11) is 0. The molecular formula is C14H12ClFN2S2. The number of H-pyrrole nitrogens is 1. The lowest BCUT2D eigenvalue weighted by molar-refractivity contribution is 0.629. The van der Waals surface area contributed by atoms with Crippen molar-refractivity contribution >= 4 is 46.2 Å². The maximum absolute atomic E-state index is 13.5. The van der Waals surface area contributed by atoms with Crippen LogP contribution in [0.15, 0.2) is 18.2 Å². The average molecular weight is 327 g/mol. The summed E-state index contributed by atoms with van der Waals surface area (Å²) in [5.74, 6) is -0.439. The first-order chi connectivity index (χ1) is 9.45. The van der Waals surface area contributed by atoms with Crippen LogP contribution in [0, 0.1) is 24.4 Å². The number of nitrogens with zero attached hydrogens (tertiary/aromatic N) is 1. The van der Waals surface area contributed by atoms with Gasteiger partial charge in [-0.3, -0.25) is 0 Å². The molecule has 0 radical (unpaired) electrons. The molecule has 104 valence electrons. The molecule has 0 aliphatic rings. The number of aromatic nitrogens is 2. The Balaban J connectivity index is 2.13. The summed E-state index contributed by atoms with van der Waals surface area (Å²) >= 11 is 12.9. The Labute approximate surface area is 129 Å². The molecule has 2 nitrogen and oxygen atoms in total. The summed E-state index contributed by atoms with van der Waals surface area (Å²) in [6.45, 7) is 4.86. The van der Waals surface area contributed by atoms with Gasteiger partial charge in [-0.15, -0.1) is 11.3 Å². The topological polar surface area (TPSA) is 20.7 Å². The maximum Gasteiger partial charge on any atom is 0.178 e. The van der Waals surface area contributed by atoms with Crippen molar-refractivity contribution in [2.45, 2.75) is 20.4 Å². The first-order valence-corrected chi connectivity index (χ1v) is 7.69. The molecular weight excluding hydrogens is 315 g/mol. The first kappa shape index (κ1) is 13.8. The minimum Gasteiger partial charge on any atom is -0.330 e. The van der Waals surface area contributed by atoms with Crippen molar-refractivity contribution < 1.29 is 4.39 Å². The largest absolute Gasteiger partial charge is 0.330 e. The van der Waals surface area contributed by atoms with Gasteiger partial charge >= 0.3 is 0 Å². The van der Waals surface area contributed by atoms with Crippen molar-refractivity contribution in [3.8, 4) is 0 Å². The zero-order chi connectivity index (χ0) is 14.4. The van der Waals surface area contributed by atoms with Gasteiger partial charge in [-0.2, -0.15) is 0 Å². The van der Waals surface area contributed by atoms with Crippen molar-refractivity contribution in [3.63, 3.8) is 0 Å². The Bertz CT molecular complexity index is 841. The van der Waals surface area contributed by atoms with E-state index in [0.717, 1.165) is 5.52 Å². The molecule has 3 rings (SSSR count). The number of halogens is 2. The van der Waals surface area contributed by atoms with Crippen LogP contribution in [0.25, 0.3) is 11.0 Å². The van der Waals surface area contributed by atoms with Crippen molar-refractivity contribution in [2.75, 3.05) is 0 Å². The second-order valence-electron chi connectivity index (χ2n) is 4.75. The van der Waals surface area contributed by atoms with Crippen LogP contribution >= 0.6 is 35.2 Å². The van der Waals surface area contributed by atoms with E-state index in [1.807, 2.05) is 4.57 Å². The van der Waals surface area contributed by atoms with Crippen molar-refractivity contribution in [1.29, 1.82) is 0 Å². The molecule has 2 heterocycles. The predicted molar refractivity (Wildman–Crippen MR) is 85.0 cm³/mol. The number of fused-ring (bicyclic) bond motifs is 1. The fraction of sp³-hybridized carbons (Fsp3) is 0.214. The third-order valence-electron chi connectivity index (χ3n) is 3.35. The van der Waals surface area contributed by atoms with E-state index in [0.29, 0.717) is 16.8 Å². The minimum absolute atomic E-state index is 0.110. The summed E-state index contributed by atoms with van der Waals surface area (Å²) in [5, 5.41) is 0.110. The van der Waals surface area contributed by atoms with E-state index in [2.05, 4.69) is 24.9 Å². The number of hydrogen-bond donors (Lipinski definition) is 1. The van der Waals surface area contributed by atoms with E-state index in [9.17, 15) is 4.39 Å². The third kappa shape index (κ3) is 2.30. The third-order valence-corrected chi connectivity index (χ3v) is 5.10. The molecule has 0 amide bonds. The summed E-state index contributed by atoms with van der Waals surface area (Å²) in [6.07, 6.45) is 0. The molecule has 0 aliphatic carbocycles. The van der Waals surface area contributed by atoms with E-state index in [-0.39, 0.29) is 5.02 Å². The Hall–Kier alpha value is -1.17. The molecule has 3 aromatic rings. The number of aryl methyl sites for hydroxylation is 2. The highest BCUT2D eigenvalue weighted by Gasteiger charge is 2.11. The molecule has 0 saturated carbocycles. The number of hydrogen-bond acceptors (Lipinski definition) is 2. The Morgan fingerprint density at radius 1 is 1.35 bits per heavy atom. The molecule has 0 bridgehead atoms. The highest BCUT2D eigenvalue weighted by atomic mass is 35.5. The van der Waals surface area contributed by atoms with Gasteiger partial charge in [0.15, 0.2) is 4.77 Å². The Morgan fingerprint density at radius 2 is 2.10 bits per heavy atom. The van der Waals surface area contributed by atoms with E-state index >= 15 is 0 Å². The molecule has 0 fully saturated rings. The molecule has 2 aromatic heterocycles. The number of benzene rings is 1. The summed E-state index contributed by atoms with van der Waals surface area (Å²) < 4.78 is 16.0. The fourth-order valence-electron chi connectivity index (χ4n) is 2.19. The summed E-state index contributed by atoms with van der Waals surface area (Å²) in [6, 6.07) is 5.16. The second-order valence-corrected chi connectivity index (χ2v) is 6.89. The molecule has 0 spiro atoms. The van der Waals surface area contributed by atoms with Gasteiger partial charge in [0.25, 0.3) is 0 Å². The Morgan fingerprint density at radius 3 is 2.75 bits per heavy atom. The molecule has 6 heteroatoms. The molecule has 0 atom stereocenters. The minimum atomic E-state index is -0.439. The van der Waals surface area contributed by atoms with Gasteiger partial charge in [-0.1, -0.05) is 11.6 Å². The van der Waals surface area contributed by atoms with Crippen LogP contribution in [0.5, 0.6) is 0 Å². The second kappa shape index (κ2) is 4.98. The molecule has 20 heavy (non-hydrogen) atoms. The quantitative estimate of drug-likeness (QED) is 0.640. The van der Waals surface area contributed by atoms with Gasteiger partial charge < -0.3 is 9.55 Å². The average Bonchev–Trinajstić information content (AvgIpc) is 2.83. The number of rotatable bonds is 2. The van der Waals surface area contributed by atoms with E-state index in [4.69, 9.17) is 23.8 Å². The number of imidazole rings is 1. The van der Waals surface area contributed by atoms with Gasteiger partial charge in [0.1, 0.15) is 5.82 Å². The Kier molecular flexibility index (Phi) is 3.44. The van der Waals surface area contributed by atoms with Crippen LogP contribution in [0.4, 0.5) is 4.39 Å². The highest BCUT2D eigenvalue weighted by Crippen LogP contribution is 2.26. The van der Waals surface area contributed by atoms with Gasteiger partial charge in [0.2, 0.25) is 0 Å². The van der Waals surface area contributed by atoms with Crippen LogP contribution in [-0.2, 0) is 6.54 Å². The summed E-state index contributed by atoms with van der Waals surface area (Å²) in [5.41, 5.74) is 2.77. The fourth-order valence-corrected chi connectivity index (χ4v) is 3.67. The van der Waals surface area contributed by atoms with Crippen LogP contribution in [0.3, 0.4) is 0 Å². The van der Waals surface area contributed by atoms with E-state index in [1.165, 1.54) is 21.4 Å². The standard InChI is InChI=1S/C14H12ClFN2S2/c1-7-3-9(20-8(7)2)6-18-13-4-10(15)11(16)5-12(13)17-14(18)19/h3-5H,6H2,1-2H3,(H,17,19). The molecule has 1 N–H and O–H groups in total. The molecule has 1 aromatic carbocycles. The lowest BCUT2D eigenvalue weighted by Crippen LogP contribution is -1.97. The van der Waals surface area contributed by atoms with Crippen LogP contribution in [-0.4, -0.2) is 9.55 Å². The lowest BCUT2D eigenvalue weighted by Gasteiger charge is -2.03. The van der Waals surface area contributed by atoms with Crippen molar-refractivity contribution in [2.24, 2.45) is 0 Å². The van der Waals surface area contributed by atoms with Gasteiger partial charge in [0, 0.05) is 15.8 Å². The smallest absolute Gasteiger partial charge is 0.178 e. The maximum atomic E-state index is 13.5. The highest BCUT2D eigenvalue weighted by molar-refractivity contribution is 7.71. The normalized spacial score (nSPS) is 11.4. The zero-order valence-electron chi connectivity index (χ0n) is 11.0.